The molecule has 0 aromatic rings. The molecule has 0 rings (SSSR count). The molecule has 0 aliphatic carbocycles. The highest BCUT2D eigenvalue weighted by molar-refractivity contribution is 5.77. The summed E-state index contributed by atoms with van der Waals surface area (Å²) in [5.74, 6) is -0.138. The molecule has 2 N–H and O–H groups in total. The Morgan fingerprint density at radius 2 is 1.73 bits per heavy atom. The van der Waals surface area contributed by atoms with Gasteiger partial charge in [-0.25, -0.2) is 0 Å². The highest BCUT2D eigenvalue weighted by atomic mass is 16.5. The van der Waals surface area contributed by atoms with Crippen molar-refractivity contribution in [1.29, 1.82) is 0 Å². The number of hydrogen-bond acceptors (Lipinski definition) is 4. The van der Waals surface area contributed by atoms with Crippen LogP contribution in [0.5, 0.6) is 0 Å². The van der Waals surface area contributed by atoms with E-state index in [1.807, 2.05) is 20.8 Å². The molecule has 0 bridgehead atoms. The predicted molar refractivity (Wildman–Crippen MR) is 86.7 cm³/mol. The second kappa shape index (κ2) is 13.5. The minimum absolute atomic E-state index is 0.0172. The maximum atomic E-state index is 11.7. The van der Waals surface area contributed by atoms with Crippen molar-refractivity contribution in [2.45, 2.75) is 65.5 Å². The van der Waals surface area contributed by atoms with Crippen LogP contribution in [-0.4, -0.2) is 50.3 Å². The molecule has 6 nitrogen and oxygen atoms in total. The second-order valence-corrected chi connectivity index (χ2v) is 5.63. The van der Waals surface area contributed by atoms with Gasteiger partial charge in [0.15, 0.2) is 0 Å². The topological polar surface area (TPSA) is 76.7 Å². The molecule has 0 radical (unpaired) electrons. The van der Waals surface area contributed by atoms with E-state index >= 15 is 0 Å². The molecule has 0 fully saturated rings. The zero-order valence-electron chi connectivity index (χ0n) is 14.4. The van der Waals surface area contributed by atoms with Gasteiger partial charge in [-0.2, -0.15) is 0 Å². The first kappa shape index (κ1) is 20.9. The number of amides is 2. The van der Waals surface area contributed by atoms with Crippen molar-refractivity contribution in [2.24, 2.45) is 0 Å². The van der Waals surface area contributed by atoms with Crippen molar-refractivity contribution >= 4 is 11.8 Å². The normalized spacial score (nSPS) is 12.2. The van der Waals surface area contributed by atoms with E-state index in [0.717, 1.165) is 19.3 Å². The van der Waals surface area contributed by atoms with E-state index in [9.17, 15) is 9.59 Å². The van der Waals surface area contributed by atoms with Gasteiger partial charge in [-0.1, -0.05) is 20.3 Å². The number of rotatable bonds is 13. The van der Waals surface area contributed by atoms with E-state index in [1.54, 1.807) is 0 Å². The number of carbonyl (C=O) groups excluding carboxylic acids is 2. The minimum Gasteiger partial charge on any atom is -0.379 e. The van der Waals surface area contributed by atoms with Crippen molar-refractivity contribution in [2.75, 3.05) is 26.4 Å². The number of unbranched alkanes of at least 4 members (excludes halogenated alkanes) is 1. The summed E-state index contributed by atoms with van der Waals surface area (Å²) in [6.45, 7) is 9.38. The first-order valence-electron chi connectivity index (χ1n) is 8.23. The monoisotopic (exact) mass is 316 g/mol. The average molecular weight is 316 g/mol. The van der Waals surface area contributed by atoms with Gasteiger partial charge in [-0.3, -0.25) is 9.59 Å². The van der Waals surface area contributed by atoms with Gasteiger partial charge in [-0.05, 0) is 26.7 Å². The predicted octanol–water partition coefficient (Wildman–Crippen LogP) is 1.63. The van der Waals surface area contributed by atoms with Crippen LogP contribution in [0.4, 0.5) is 0 Å². The Bertz CT molecular complexity index is 309. The molecular weight excluding hydrogens is 284 g/mol. The van der Waals surface area contributed by atoms with Gasteiger partial charge < -0.3 is 20.1 Å². The molecule has 0 aromatic heterocycles. The van der Waals surface area contributed by atoms with E-state index in [4.69, 9.17) is 9.47 Å². The SMILES string of the molecule is CCCCOCC(=O)NC(CC)COCCC(=O)NC(C)C. The molecule has 2 amide bonds. The highest BCUT2D eigenvalue weighted by Crippen LogP contribution is 1.95. The first-order chi connectivity index (χ1) is 10.5. The molecule has 0 saturated heterocycles. The molecule has 0 heterocycles. The summed E-state index contributed by atoms with van der Waals surface area (Å²) >= 11 is 0. The third-order valence-electron chi connectivity index (χ3n) is 2.98. The van der Waals surface area contributed by atoms with Crippen molar-refractivity contribution in [3.8, 4) is 0 Å². The third-order valence-corrected chi connectivity index (χ3v) is 2.98. The molecule has 1 atom stereocenters. The molecule has 0 aliphatic heterocycles. The molecule has 0 aromatic carbocycles. The van der Waals surface area contributed by atoms with Crippen molar-refractivity contribution in [1.82, 2.24) is 10.6 Å². The molecule has 130 valence electrons. The van der Waals surface area contributed by atoms with Crippen LogP contribution in [0.1, 0.15) is 53.4 Å². The summed E-state index contributed by atoms with van der Waals surface area (Å²) in [6.07, 6.45) is 3.13. The second-order valence-electron chi connectivity index (χ2n) is 5.63. The van der Waals surface area contributed by atoms with E-state index in [0.29, 0.717) is 26.2 Å². The standard InChI is InChI=1S/C16H32N2O4/c1-5-7-9-21-12-16(20)18-14(6-2)11-22-10-8-15(19)17-13(3)4/h13-14H,5-12H2,1-4H3,(H,17,19)(H,18,20). The summed E-state index contributed by atoms with van der Waals surface area (Å²) < 4.78 is 10.7. The van der Waals surface area contributed by atoms with Crippen molar-refractivity contribution in [3.05, 3.63) is 0 Å². The summed E-state index contributed by atoms with van der Waals surface area (Å²) in [7, 11) is 0. The lowest BCUT2D eigenvalue weighted by Gasteiger charge is -2.17. The van der Waals surface area contributed by atoms with Crippen LogP contribution in [0.2, 0.25) is 0 Å². The Labute approximate surface area is 134 Å². The summed E-state index contributed by atoms with van der Waals surface area (Å²) in [4.78, 5) is 23.1. The maximum Gasteiger partial charge on any atom is 0.246 e. The summed E-state index contributed by atoms with van der Waals surface area (Å²) in [5.41, 5.74) is 0. The molecule has 1 unspecified atom stereocenters. The van der Waals surface area contributed by atoms with Crippen LogP contribution < -0.4 is 10.6 Å². The fourth-order valence-electron chi connectivity index (χ4n) is 1.73. The lowest BCUT2D eigenvalue weighted by Crippen LogP contribution is -2.40. The zero-order valence-corrected chi connectivity index (χ0v) is 14.4. The number of nitrogens with one attached hydrogen (secondary N) is 2. The van der Waals surface area contributed by atoms with Crippen LogP contribution in [0.25, 0.3) is 0 Å². The first-order valence-corrected chi connectivity index (χ1v) is 8.23. The highest BCUT2D eigenvalue weighted by Gasteiger charge is 2.11. The van der Waals surface area contributed by atoms with Crippen molar-refractivity contribution < 1.29 is 19.1 Å². The van der Waals surface area contributed by atoms with Crippen LogP contribution >= 0.6 is 0 Å². The molecule has 22 heavy (non-hydrogen) atoms. The summed E-state index contributed by atoms with van der Waals surface area (Å²) in [6, 6.07) is 0.0957. The smallest absolute Gasteiger partial charge is 0.246 e. The van der Waals surface area contributed by atoms with E-state index in [-0.39, 0.29) is 30.5 Å². The molecule has 0 saturated carbocycles. The van der Waals surface area contributed by atoms with Crippen LogP contribution in [0.3, 0.4) is 0 Å². The quantitative estimate of drug-likeness (QED) is 0.506. The Morgan fingerprint density at radius 3 is 2.32 bits per heavy atom. The Balaban J connectivity index is 3.73. The van der Waals surface area contributed by atoms with Crippen LogP contribution in [0, 0.1) is 0 Å². The van der Waals surface area contributed by atoms with Gasteiger partial charge in [-0.15, -0.1) is 0 Å². The van der Waals surface area contributed by atoms with Gasteiger partial charge in [0, 0.05) is 19.1 Å². The Kier molecular flexibility index (Phi) is 12.8. The maximum absolute atomic E-state index is 11.7. The number of hydrogen-bond donors (Lipinski definition) is 2. The van der Waals surface area contributed by atoms with Gasteiger partial charge in [0.2, 0.25) is 11.8 Å². The van der Waals surface area contributed by atoms with Crippen LogP contribution in [0.15, 0.2) is 0 Å². The van der Waals surface area contributed by atoms with Gasteiger partial charge in [0.1, 0.15) is 6.61 Å². The number of carbonyl (C=O) groups is 2. The van der Waals surface area contributed by atoms with Gasteiger partial charge in [0.05, 0.1) is 19.3 Å². The fraction of sp³-hybridized carbons (Fsp3) is 0.875. The van der Waals surface area contributed by atoms with Gasteiger partial charge >= 0.3 is 0 Å². The lowest BCUT2D eigenvalue weighted by molar-refractivity contribution is -0.127. The summed E-state index contributed by atoms with van der Waals surface area (Å²) in [5, 5.41) is 5.68. The lowest BCUT2D eigenvalue weighted by atomic mass is 10.2. The molecule has 0 spiro atoms. The molecule has 0 aliphatic rings. The van der Waals surface area contributed by atoms with E-state index < -0.39 is 0 Å². The Morgan fingerprint density at radius 1 is 1.00 bits per heavy atom. The van der Waals surface area contributed by atoms with E-state index in [1.165, 1.54) is 0 Å². The van der Waals surface area contributed by atoms with Crippen LogP contribution in [-0.2, 0) is 19.1 Å². The number of ether oxygens (including phenoxy) is 2. The zero-order chi connectivity index (χ0) is 16.8. The molecule has 6 heteroatoms. The fourth-order valence-corrected chi connectivity index (χ4v) is 1.73. The van der Waals surface area contributed by atoms with Crippen molar-refractivity contribution in [3.63, 3.8) is 0 Å². The largest absolute Gasteiger partial charge is 0.379 e. The molecular formula is C16H32N2O4. The van der Waals surface area contributed by atoms with E-state index in [2.05, 4.69) is 17.6 Å². The Hall–Kier alpha value is -1.14. The third kappa shape index (κ3) is 12.6. The minimum atomic E-state index is -0.121. The average Bonchev–Trinajstić information content (AvgIpc) is 2.46. The van der Waals surface area contributed by atoms with Gasteiger partial charge in [0.25, 0.3) is 0 Å².